The molecule has 4 aromatic carbocycles. The molecule has 0 N–H and O–H groups in total. The molecular formula is C52H60N4O4S2. The van der Waals surface area contributed by atoms with E-state index in [0.29, 0.717) is 37.9 Å². The third-order valence-electron chi connectivity index (χ3n) is 9.69. The van der Waals surface area contributed by atoms with E-state index >= 15 is 0 Å². The van der Waals surface area contributed by atoms with Crippen molar-refractivity contribution >= 4 is 70.0 Å². The van der Waals surface area contributed by atoms with Crippen LogP contribution in [0.25, 0.3) is 12.2 Å². The van der Waals surface area contributed by atoms with Crippen molar-refractivity contribution in [3.63, 3.8) is 0 Å². The molecule has 0 aliphatic rings. The zero-order chi connectivity index (χ0) is 43.2. The molecule has 0 aliphatic heterocycles. The first-order valence-corrected chi connectivity index (χ1v) is 23.7. The smallest absolute Gasteiger partial charge is 0.181 e. The molecule has 0 amide bonds. The Kier molecular flexibility index (Phi) is 18.6. The van der Waals surface area contributed by atoms with E-state index in [-0.39, 0.29) is 0 Å². The predicted octanol–water partition coefficient (Wildman–Crippen LogP) is 15.0. The van der Waals surface area contributed by atoms with Crippen molar-refractivity contribution in [3.8, 4) is 23.0 Å². The first-order chi connectivity index (χ1) is 30.6. The fourth-order valence-electron chi connectivity index (χ4n) is 6.29. The molecule has 0 atom stereocenters. The number of nitrogens with zero attached hydrogens (tertiary/aromatic N) is 4. The van der Waals surface area contributed by atoms with Gasteiger partial charge in [-0.1, -0.05) is 126 Å². The van der Waals surface area contributed by atoms with Crippen molar-refractivity contribution in [3.05, 3.63) is 141 Å². The number of anilines is 4. The number of rotatable bonds is 26. The molecule has 2 heterocycles. The highest BCUT2D eigenvalue weighted by atomic mass is 32.1. The molecule has 10 heteroatoms. The van der Waals surface area contributed by atoms with Gasteiger partial charge in [0.25, 0.3) is 0 Å². The van der Waals surface area contributed by atoms with Crippen molar-refractivity contribution in [2.75, 3.05) is 36.4 Å². The zero-order valence-electron chi connectivity index (χ0n) is 36.6. The number of thiophene rings is 2. The summed E-state index contributed by atoms with van der Waals surface area (Å²) in [7, 11) is 0. The molecule has 2 aromatic heterocycles. The van der Waals surface area contributed by atoms with Crippen molar-refractivity contribution in [2.45, 2.75) is 79.1 Å². The van der Waals surface area contributed by atoms with Crippen LogP contribution in [-0.4, -0.2) is 38.9 Å². The van der Waals surface area contributed by atoms with Gasteiger partial charge < -0.3 is 18.9 Å². The lowest BCUT2D eigenvalue weighted by atomic mass is 10.2. The van der Waals surface area contributed by atoms with Crippen molar-refractivity contribution in [2.24, 2.45) is 10.2 Å². The molecule has 6 rings (SSSR count). The van der Waals surface area contributed by atoms with Gasteiger partial charge in [0.05, 0.1) is 81.1 Å². The molecule has 0 unspecified atom stereocenters. The van der Waals surface area contributed by atoms with Crippen molar-refractivity contribution in [1.29, 1.82) is 0 Å². The van der Waals surface area contributed by atoms with Gasteiger partial charge in [0, 0.05) is 0 Å². The van der Waals surface area contributed by atoms with Crippen LogP contribution in [0.4, 0.5) is 22.7 Å². The maximum Gasteiger partial charge on any atom is 0.181 e. The van der Waals surface area contributed by atoms with E-state index in [2.05, 4.69) is 88.4 Å². The zero-order valence-corrected chi connectivity index (χ0v) is 38.2. The van der Waals surface area contributed by atoms with Crippen LogP contribution in [0.15, 0.2) is 132 Å². The Morgan fingerprint density at radius 1 is 0.387 bits per heavy atom. The average Bonchev–Trinajstić information content (AvgIpc) is 3.82. The van der Waals surface area contributed by atoms with E-state index in [1.54, 1.807) is 22.7 Å². The number of para-hydroxylation sites is 4. The van der Waals surface area contributed by atoms with Crippen LogP contribution < -0.4 is 29.0 Å². The Hall–Kier alpha value is -5.84. The van der Waals surface area contributed by atoms with E-state index < -0.39 is 0 Å². The van der Waals surface area contributed by atoms with Gasteiger partial charge in [0.1, 0.15) is 0 Å². The second-order valence-corrected chi connectivity index (χ2v) is 16.7. The Bertz CT molecular complexity index is 2040. The summed E-state index contributed by atoms with van der Waals surface area (Å²) in [6.07, 6.45) is 15.8. The van der Waals surface area contributed by atoms with Gasteiger partial charge in [-0.05, 0) is 86.4 Å². The highest BCUT2D eigenvalue weighted by Gasteiger charge is 2.23. The minimum Gasteiger partial charge on any atom is -0.488 e. The SMILES string of the molecule is CCCCOc1c(/C=C/c2sc(/C=N/N(c3ccccc3)c3ccccc3)c(OCCCC)c2OCCCC)sc(/C=N/N(c2ccccc2)c2ccccc2)c1OCCCC. The molecule has 0 saturated carbocycles. The number of unbranched alkanes of at least 4 members (excludes halogenated alkanes) is 4. The van der Waals surface area contributed by atoms with Gasteiger partial charge in [0.15, 0.2) is 23.0 Å². The molecule has 324 valence electrons. The summed E-state index contributed by atoms with van der Waals surface area (Å²) in [6, 6.07) is 40.8. The fourth-order valence-corrected chi connectivity index (χ4v) is 8.22. The Morgan fingerprint density at radius 3 is 0.903 bits per heavy atom. The lowest BCUT2D eigenvalue weighted by molar-refractivity contribution is 0.263. The Morgan fingerprint density at radius 2 is 0.645 bits per heavy atom. The van der Waals surface area contributed by atoms with E-state index in [0.717, 1.165) is 105 Å². The van der Waals surface area contributed by atoms with Gasteiger partial charge in [-0.2, -0.15) is 10.2 Å². The maximum atomic E-state index is 6.62. The summed E-state index contributed by atoms with van der Waals surface area (Å²) in [4.78, 5) is 3.65. The molecule has 0 spiro atoms. The number of benzene rings is 4. The van der Waals surface area contributed by atoms with Crippen LogP contribution >= 0.6 is 22.7 Å². The summed E-state index contributed by atoms with van der Waals surface area (Å²) in [5.74, 6) is 2.90. The minimum absolute atomic E-state index is 0.576. The van der Waals surface area contributed by atoms with Gasteiger partial charge in [-0.3, -0.25) is 0 Å². The Balaban J connectivity index is 1.44. The van der Waals surface area contributed by atoms with Gasteiger partial charge in [-0.15, -0.1) is 22.7 Å². The summed E-state index contributed by atoms with van der Waals surface area (Å²) in [5, 5.41) is 14.1. The molecular weight excluding hydrogens is 809 g/mol. The lowest BCUT2D eigenvalue weighted by Gasteiger charge is -2.19. The molecule has 8 nitrogen and oxygen atoms in total. The van der Waals surface area contributed by atoms with E-state index in [4.69, 9.17) is 29.2 Å². The van der Waals surface area contributed by atoms with Gasteiger partial charge >= 0.3 is 0 Å². The molecule has 0 bridgehead atoms. The third kappa shape index (κ3) is 12.8. The summed E-state index contributed by atoms with van der Waals surface area (Å²) in [5.41, 5.74) is 3.83. The maximum absolute atomic E-state index is 6.62. The Labute approximate surface area is 376 Å². The van der Waals surface area contributed by atoms with Crippen LogP contribution in [0.3, 0.4) is 0 Å². The van der Waals surface area contributed by atoms with Crippen LogP contribution in [0, 0.1) is 0 Å². The monoisotopic (exact) mass is 868 g/mol. The number of hydrogen-bond acceptors (Lipinski definition) is 10. The summed E-state index contributed by atoms with van der Waals surface area (Å²) < 4.78 is 26.4. The molecule has 0 aliphatic carbocycles. The first-order valence-electron chi connectivity index (χ1n) is 22.1. The fraction of sp³-hybridized carbons (Fsp3) is 0.308. The molecule has 0 saturated heterocycles. The number of ether oxygens (including phenoxy) is 4. The first kappa shape index (κ1) is 45.7. The highest BCUT2D eigenvalue weighted by molar-refractivity contribution is 7.16. The molecule has 0 radical (unpaired) electrons. The minimum atomic E-state index is 0.576. The van der Waals surface area contributed by atoms with E-state index in [9.17, 15) is 0 Å². The largest absolute Gasteiger partial charge is 0.488 e. The second kappa shape index (κ2) is 25.2. The van der Waals surface area contributed by atoms with Crippen LogP contribution in [-0.2, 0) is 0 Å². The summed E-state index contributed by atoms with van der Waals surface area (Å²) >= 11 is 3.21. The number of hydrogen-bond donors (Lipinski definition) is 0. The molecule has 6 aromatic rings. The normalized spacial score (nSPS) is 11.5. The van der Waals surface area contributed by atoms with Crippen molar-refractivity contribution < 1.29 is 18.9 Å². The molecule has 62 heavy (non-hydrogen) atoms. The predicted molar refractivity (Wildman–Crippen MR) is 264 cm³/mol. The number of hydrazone groups is 2. The topological polar surface area (TPSA) is 68.1 Å². The lowest BCUT2D eigenvalue weighted by Crippen LogP contribution is -2.09. The van der Waals surface area contributed by atoms with Crippen LogP contribution in [0.2, 0.25) is 0 Å². The van der Waals surface area contributed by atoms with Gasteiger partial charge in [0.2, 0.25) is 0 Å². The second-order valence-electron chi connectivity index (χ2n) is 14.6. The standard InChI is InChI=1S/C52H60N4O4S2/c1-5-9-35-57-49-45(61-47(51(49)59-37-11-7-3)39-53-55(41-25-17-13-18-26-41)42-27-19-14-20-28-42)33-34-46-50(58-36-10-6-2)52(60-38-12-8-4)48(62-46)40-54-56(43-29-21-15-22-30-43)44-31-23-16-24-32-44/h13-34,39-40H,5-12,35-38H2,1-4H3/b34-33+,53-39+,54-40+. The van der Waals surface area contributed by atoms with Crippen LogP contribution in [0.1, 0.15) is 98.6 Å². The van der Waals surface area contributed by atoms with E-state index in [1.165, 1.54) is 0 Å². The highest BCUT2D eigenvalue weighted by Crippen LogP contribution is 2.46. The van der Waals surface area contributed by atoms with Crippen molar-refractivity contribution in [1.82, 2.24) is 0 Å². The van der Waals surface area contributed by atoms with Crippen LogP contribution in [0.5, 0.6) is 23.0 Å². The molecule has 0 fully saturated rings. The quantitative estimate of drug-likeness (QED) is 0.0307. The summed E-state index contributed by atoms with van der Waals surface area (Å²) in [6.45, 7) is 11.0. The third-order valence-corrected chi connectivity index (χ3v) is 11.8. The van der Waals surface area contributed by atoms with Gasteiger partial charge in [-0.25, -0.2) is 10.0 Å². The average molecular weight is 869 g/mol. The van der Waals surface area contributed by atoms with E-state index in [1.807, 2.05) is 95.2 Å².